The standard InChI is InChI=1S/C14H20N2OS/c1-14(7-3-8-15-14)13(17)16-11-4-2-5-12-10(11)6-9-18-12/h6,9,11,15H,2-5,7-8H2,1H3,(H,16,17). The predicted octanol–water partition coefficient (Wildman–Crippen LogP) is 2.38. The van der Waals surface area contributed by atoms with Crippen molar-refractivity contribution in [1.29, 1.82) is 0 Å². The van der Waals surface area contributed by atoms with Crippen LogP contribution in [-0.2, 0) is 11.2 Å². The molecule has 0 bridgehead atoms. The number of aryl methyl sites for hydroxylation is 1. The SMILES string of the molecule is CC1(C(=O)NC2CCCc3sccc32)CCCN1. The summed E-state index contributed by atoms with van der Waals surface area (Å²) in [6, 6.07) is 2.40. The van der Waals surface area contributed by atoms with Crippen molar-refractivity contribution >= 4 is 17.2 Å². The molecule has 3 rings (SSSR count). The molecule has 1 aromatic heterocycles. The third-order valence-electron chi connectivity index (χ3n) is 4.23. The number of amides is 1. The first-order chi connectivity index (χ1) is 8.69. The highest BCUT2D eigenvalue weighted by Gasteiger charge is 2.37. The molecule has 1 aromatic rings. The normalized spacial score (nSPS) is 31.1. The number of hydrogen-bond acceptors (Lipinski definition) is 3. The van der Waals surface area contributed by atoms with Gasteiger partial charge in [-0.3, -0.25) is 4.79 Å². The molecule has 1 aliphatic heterocycles. The summed E-state index contributed by atoms with van der Waals surface area (Å²) >= 11 is 1.82. The Morgan fingerprint density at radius 3 is 3.22 bits per heavy atom. The van der Waals surface area contributed by atoms with E-state index in [1.807, 2.05) is 18.3 Å². The van der Waals surface area contributed by atoms with Gasteiger partial charge in [-0.05, 0) is 62.6 Å². The molecule has 2 heterocycles. The van der Waals surface area contributed by atoms with Gasteiger partial charge in [0.1, 0.15) is 0 Å². The first-order valence-corrected chi connectivity index (χ1v) is 7.69. The molecule has 2 atom stereocenters. The van der Waals surface area contributed by atoms with Crippen LogP contribution in [0.25, 0.3) is 0 Å². The maximum absolute atomic E-state index is 12.4. The van der Waals surface area contributed by atoms with Gasteiger partial charge in [0.25, 0.3) is 0 Å². The van der Waals surface area contributed by atoms with Crippen molar-refractivity contribution in [2.24, 2.45) is 0 Å². The zero-order valence-electron chi connectivity index (χ0n) is 10.8. The Morgan fingerprint density at radius 1 is 1.56 bits per heavy atom. The van der Waals surface area contributed by atoms with Crippen molar-refractivity contribution in [1.82, 2.24) is 10.6 Å². The Bertz CT molecular complexity index is 448. The van der Waals surface area contributed by atoms with E-state index in [0.29, 0.717) is 0 Å². The summed E-state index contributed by atoms with van der Waals surface area (Å²) in [5.41, 5.74) is 0.995. The Hall–Kier alpha value is -0.870. The molecule has 0 aromatic carbocycles. The zero-order chi connectivity index (χ0) is 12.6. The molecule has 2 unspecified atom stereocenters. The van der Waals surface area contributed by atoms with Gasteiger partial charge < -0.3 is 10.6 Å². The molecular formula is C14H20N2OS. The second-order valence-electron chi connectivity index (χ2n) is 5.58. The highest BCUT2D eigenvalue weighted by Crippen LogP contribution is 2.33. The maximum Gasteiger partial charge on any atom is 0.240 e. The summed E-state index contributed by atoms with van der Waals surface area (Å²) in [6.45, 7) is 2.98. The highest BCUT2D eigenvalue weighted by molar-refractivity contribution is 7.10. The van der Waals surface area contributed by atoms with Crippen LogP contribution in [0.5, 0.6) is 0 Å². The van der Waals surface area contributed by atoms with E-state index < -0.39 is 0 Å². The molecule has 4 heteroatoms. The molecule has 3 nitrogen and oxygen atoms in total. The van der Waals surface area contributed by atoms with Crippen LogP contribution in [0.1, 0.15) is 49.1 Å². The lowest BCUT2D eigenvalue weighted by molar-refractivity contribution is -0.127. The monoisotopic (exact) mass is 264 g/mol. The fraction of sp³-hybridized carbons (Fsp3) is 0.643. The summed E-state index contributed by atoms with van der Waals surface area (Å²) in [4.78, 5) is 13.9. The average molecular weight is 264 g/mol. The van der Waals surface area contributed by atoms with Crippen LogP contribution < -0.4 is 10.6 Å². The van der Waals surface area contributed by atoms with Crippen LogP contribution in [0.3, 0.4) is 0 Å². The van der Waals surface area contributed by atoms with Crippen molar-refractivity contribution in [3.63, 3.8) is 0 Å². The molecule has 1 amide bonds. The van der Waals surface area contributed by atoms with E-state index in [1.165, 1.54) is 23.3 Å². The molecule has 98 valence electrons. The Kier molecular flexibility index (Phi) is 3.16. The predicted molar refractivity (Wildman–Crippen MR) is 73.8 cm³/mol. The van der Waals surface area contributed by atoms with E-state index in [2.05, 4.69) is 22.1 Å². The van der Waals surface area contributed by atoms with Gasteiger partial charge in [0, 0.05) is 4.88 Å². The Balaban J connectivity index is 1.73. The fourth-order valence-corrected chi connectivity index (χ4v) is 4.03. The molecule has 1 fully saturated rings. The van der Waals surface area contributed by atoms with Crippen LogP contribution in [0.15, 0.2) is 11.4 Å². The lowest BCUT2D eigenvalue weighted by Gasteiger charge is -2.29. The van der Waals surface area contributed by atoms with Gasteiger partial charge in [-0.25, -0.2) is 0 Å². The highest BCUT2D eigenvalue weighted by atomic mass is 32.1. The van der Waals surface area contributed by atoms with Crippen molar-refractivity contribution in [2.45, 2.75) is 50.6 Å². The molecule has 0 radical (unpaired) electrons. The van der Waals surface area contributed by atoms with Crippen LogP contribution in [0.4, 0.5) is 0 Å². The number of thiophene rings is 1. The van der Waals surface area contributed by atoms with E-state index in [-0.39, 0.29) is 17.5 Å². The minimum Gasteiger partial charge on any atom is -0.348 e. The molecule has 18 heavy (non-hydrogen) atoms. The minimum absolute atomic E-state index is 0.170. The number of carbonyl (C=O) groups excluding carboxylic acids is 1. The van der Waals surface area contributed by atoms with Gasteiger partial charge in [-0.15, -0.1) is 11.3 Å². The average Bonchev–Trinajstić information content (AvgIpc) is 2.98. The summed E-state index contributed by atoms with van der Waals surface area (Å²) in [6.07, 6.45) is 5.48. The number of fused-ring (bicyclic) bond motifs is 1. The largest absolute Gasteiger partial charge is 0.348 e. The van der Waals surface area contributed by atoms with Crippen molar-refractivity contribution < 1.29 is 4.79 Å². The van der Waals surface area contributed by atoms with E-state index in [4.69, 9.17) is 0 Å². The summed E-state index contributed by atoms with van der Waals surface area (Å²) in [5.74, 6) is 0.170. The second-order valence-corrected chi connectivity index (χ2v) is 6.58. The Labute approximate surface area is 112 Å². The van der Waals surface area contributed by atoms with E-state index >= 15 is 0 Å². The van der Waals surface area contributed by atoms with Crippen LogP contribution >= 0.6 is 11.3 Å². The van der Waals surface area contributed by atoms with Gasteiger partial charge in [0.15, 0.2) is 0 Å². The summed E-state index contributed by atoms with van der Waals surface area (Å²) in [7, 11) is 0. The molecule has 2 N–H and O–H groups in total. The van der Waals surface area contributed by atoms with Gasteiger partial charge in [-0.1, -0.05) is 0 Å². The third-order valence-corrected chi connectivity index (χ3v) is 5.22. The van der Waals surface area contributed by atoms with Gasteiger partial charge in [0.05, 0.1) is 11.6 Å². The van der Waals surface area contributed by atoms with Crippen LogP contribution in [0.2, 0.25) is 0 Å². The van der Waals surface area contributed by atoms with Crippen molar-refractivity contribution in [2.75, 3.05) is 6.54 Å². The van der Waals surface area contributed by atoms with E-state index in [1.54, 1.807) is 0 Å². The zero-order valence-corrected chi connectivity index (χ0v) is 11.6. The summed E-state index contributed by atoms with van der Waals surface area (Å²) in [5, 5.41) is 8.72. The lowest BCUT2D eigenvalue weighted by atomic mass is 9.92. The molecule has 2 aliphatic rings. The minimum atomic E-state index is -0.354. The molecule has 1 aliphatic carbocycles. The number of rotatable bonds is 2. The Morgan fingerprint density at radius 2 is 2.44 bits per heavy atom. The second kappa shape index (κ2) is 4.67. The van der Waals surface area contributed by atoms with E-state index in [9.17, 15) is 4.79 Å². The fourth-order valence-electron chi connectivity index (χ4n) is 3.04. The smallest absolute Gasteiger partial charge is 0.240 e. The van der Waals surface area contributed by atoms with Crippen LogP contribution in [-0.4, -0.2) is 18.0 Å². The molecular weight excluding hydrogens is 244 g/mol. The third kappa shape index (κ3) is 2.08. The number of nitrogens with one attached hydrogen (secondary N) is 2. The number of carbonyl (C=O) groups is 1. The van der Waals surface area contributed by atoms with Gasteiger partial charge in [0.2, 0.25) is 5.91 Å². The van der Waals surface area contributed by atoms with Gasteiger partial charge >= 0.3 is 0 Å². The lowest BCUT2D eigenvalue weighted by Crippen LogP contribution is -2.52. The van der Waals surface area contributed by atoms with Gasteiger partial charge in [-0.2, -0.15) is 0 Å². The van der Waals surface area contributed by atoms with E-state index in [0.717, 1.165) is 25.8 Å². The van der Waals surface area contributed by atoms with Crippen molar-refractivity contribution in [3.8, 4) is 0 Å². The molecule has 1 saturated heterocycles. The molecule has 0 saturated carbocycles. The topological polar surface area (TPSA) is 41.1 Å². The molecule has 0 spiro atoms. The maximum atomic E-state index is 12.4. The van der Waals surface area contributed by atoms with Crippen molar-refractivity contribution in [3.05, 3.63) is 21.9 Å². The number of hydrogen-bond donors (Lipinski definition) is 2. The first kappa shape index (κ1) is 12.2. The van der Waals surface area contributed by atoms with Crippen LogP contribution in [0, 0.1) is 0 Å². The quantitative estimate of drug-likeness (QED) is 0.861. The first-order valence-electron chi connectivity index (χ1n) is 6.81. The summed E-state index contributed by atoms with van der Waals surface area (Å²) < 4.78 is 0.